The zero-order valence-corrected chi connectivity index (χ0v) is 13.6. The van der Waals surface area contributed by atoms with Gasteiger partial charge in [0.25, 0.3) is 5.91 Å². The monoisotopic (exact) mass is 320 g/mol. The van der Waals surface area contributed by atoms with E-state index >= 15 is 0 Å². The van der Waals surface area contributed by atoms with Gasteiger partial charge in [-0.1, -0.05) is 0 Å². The highest BCUT2D eigenvalue weighted by Crippen LogP contribution is 2.19. The quantitative estimate of drug-likeness (QED) is 0.753. The summed E-state index contributed by atoms with van der Waals surface area (Å²) in [5.74, 6) is -0.862. The number of nitrogens with zero attached hydrogens (tertiary/aromatic N) is 2. The number of carbonyl (C=O) groups excluding carboxylic acids is 1. The van der Waals surface area contributed by atoms with E-state index in [4.69, 9.17) is 4.74 Å². The number of hydrogen-bond donors (Lipinski definition) is 2. The molecule has 0 unspecified atom stereocenters. The fourth-order valence-electron chi connectivity index (χ4n) is 2.13. The second-order valence-electron chi connectivity index (χ2n) is 5.21. The Kier molecular flexibility index (Phi) is 5.95. The largest absolute Gasteiger partial charge is 0.383 e. The molecule has 0 radical (unpaired) electrons. The Bertz CT molecular complexity index is 706. The Hall–Kier alpha value is -2.12. The molecule has 2 aromatic rings. The molecule has 2 N–H and O–H groups in total. The molecule has 1 heterocycles. The first-order valence-corrected chi connectivity index (χ1v) is 7.45. The summed E-state index contributed by atoms with van der Waals surface area (Å²) >= 11 is 0. The number of halogens is 1. The molecule has 7 heteroatoms. The lowest BCUT2D eigenvalue weighted by atomic mass is 10.1. The van der Waals surface area contributed by atoms with E-state index in [1.807, 2.05) is 6.92 Å². The third-order valence-corrected chi connectivity index (χ3v) is 3.46. The van der Waals surface area contributed by atoms with E-state index in [0.29, 0.717) is 37.3 Å². The zero-order chi connectivity index (χ0) is 16.8. The molecular formula is C16H21FN4O2. The Balaban J connectivity index is 2.12. The van der Waals surface area contributed by atoms with Crippen molar-refractivity contribution in [3.05, 3.63) is 34.9 Å². The molecule has 2 rings (SSSR count). The molecule has 0 aliphatic carbocycles. The van der Waals surface area contributed by atoms with E-state index in [2.05, 4.69) is 20.6 Å². The maximum Gasteiger partial charge on any atom is 0.253 e. The Morgan fingerprint density at radius 3 is 2.65 bits per heavy atom. The van der Waals surface area contributed by atoms with E-state index in [-0.39, 0.29) is 11.5 Å². The topological polar surface area (TPSA) is 76.1 Å². The van der Waals surface area contributed by atoms with Crippen molar-refractivity contribution in [2.75, 3.05) is 33.4 Å². The summed E-state index contributed by atoms with van der Waals surface area (Å²) in [5, 5.41) is 5.87. The van der Waals surface area contributed by atoms with E-state index in [1.165, 1.54) is 12.1 Å². The average Bonchev–Trinajstić information content (AvgIpc) is 2.51. The number of benzene rings is 1. The lowest BCUT2D eigenvalue weighted by molar-refractivity contribution is 0.0954. The average molecular weight is 320 g/mol. The number of amides is 1. The van der Waals surface area contributed by atoms with Crippen molar-refractivity contribution in [1.29, 1.82) is 0 Å². The number of rotatable bonds is 7. The van der Waals surface area contributed by atoms with Crippen LogP contribution in [0.2, 0.25) is 0 Å². The first-order chi connectivity index (χ1) is 11.0. The zero-order valence-electron chi connectivity index (χ0n) is 13.6. The van der Waals surface area contributed by atoms with Crippen molar-refractivity contribution in [2.24, 2.45) is 0 Å². The summed E-state index contributed by atoms with van der Waals surface area (Å²) in [7, 11) is 1.63. The van der Waals surface area contributed by atoms with E-state index < -0.39 is 5.82 Å². The lowest BCUT2D eigenvalue weighted by Gasteiger charge is -2.10. The van der Waals surface area contributed by atoms with Gasteiger partial charge in [-0.25, -0.2) is 14.4 Å². The van der Waals surface area contributed by atoms with E-state index in [1.54, 1.807) is 14.0 Å². The van der Waals surface area contributed by atoms with Crippen molar-refractivity contribution < 1.29 is 13.9 Å². The molecular weight excluding hydrogens is 299 g/mol. The van der Waals surface area contributed by atoms with Gasteiger partial charge in [-0.15, -0.1) is 0 Å². The van der Waals surface area contributed by atoms with Crippen LogP contribution in [0.3, 0.4) is 0 Å². The molecule has 0 saturated heterocycles. The van der Waals surface area contributed by atoms with Gasteiger partial charge < -0.3 is 15.4 Å². The van der Waals surface area contributed by atoms with Crippen molar-refractivity contribution in [2.45, 2.75) is 13.8 Å². The molecule has 0 atom stereocenters. The summed E-state index contributed by atoms with van der Waals surface area (Å²) in [6.45, 7) is 5.96. The van der Waals surface area contributed by atoms with Crippen LogP contribution in [0.5, 0.6) is 0 Å². The molecule has 1 aromatic carbocycles. The minimum Gasteiger partial charge on any atom is -0.383 e. The highest BCUT2D eigenvalue weighted by Gasteiger charge is 2.15. The molecule has 1 aromatic heterocycles. The molecule has 1 amide bonds. The standard InChI is InChI=1S/C16H21FN4O2/c1-10-11(2)21-15-13(8-12(17)9-14(15)20-10)16(22)19-5-4-18-6-7-23-3/h8-9,18H,4-7H2,1-3H3,(H,19,22). The first-order valence-electron chi connectivity index (χ1n) is 7.45. The van der Waals surface area contributed by atoms with E-state index in [9.17, 15) is 9.18 Å². The number of methoxy groups -OCH3 is 1. The van der Waals surface area contributed by atoms with Gasteiger partial charge in [0.05, 0.1) is 29.1 Å². The van der Waals surface area contributed by atoms with Crippen molar-refractivity contribution in [1.82, 2.24) is 20.6 Å². The minimum absolute atomic E-state index is 0.201. The van der Waals surface area contributed by atoms with Crippen LogP contribution >= 0.6 is 0 Å². The summed E-state index contributed by atoms with van der Waals surface area (Å²) in [6, 6.07) is 2.48. The minimum atomic E-state index is -0.501. The number of ether oxygens (including phenoxy) is 1. The second kappa shape index (κ2) is 7.94. The van der Waals surface area contributed by atoms with Crippen LogP contribution in [0.1, 0.15) is 21.7 Å². The third-order valence-electron chi connectivity index (χ3n) is 3.46. The van der Waals surface area contributed by atoms with Crippen molar-refractivity contribution >= 4 is 16.9 Å². The van der Waals surface area contributed by atoms with Crippen LogP contribution in [0.25, 0.3) is 11.0 Å². The summed E-state index contributed by atoms with van der Waals surface area (Å²) < 4.78 is 18.7. The van der Waals surface area contributed by atoms with Crippen LogP contribution in [0.15, 0.2) is 12.1 Å². The predicted molar refractivity (Wildman–Crippen MR) is 86.0 cm³/mol. The van der Waals surface area contributed by atoms with Gasteiger partial charge in [-0.2, -0.15) is 0 Å². The number of aryl methyl sites for hydroxylation is 2. The highest BCUT2D eigenvalue weighted by atomic mass is 19.1. The summed E-state index contributed by atoms with van der Waals surface area (Å²) in [4.78, 5) is 21.0. The number of fused-ring (bicyclic) bond motifs is 1. The van der Waals surface area contributed by atoms with Gasteiger partial charge in [0.1, 0.15) is 11.3 Å². The van der Waals surface area contributed by atoms with Crippen LogP contribution in [0.4, 0.5) is 4.39 Å². The van der Waals surface area contributed by atoms with E-state index in [0.717, 1.165) is 11.4 Å². The Morgan fingerprint density at radius 2 is 1.91 bits per heavy atom. The summed E-state index contributed by atoms with van der Waals surface area (Å²) in [5.41, 5.74) is 2.44. The molecule has 0 aliphatic heterocycles. The molecule has 124 valence electrons. The molecule has 23 heavy (non-hydrogen) atoms. The SMILES string of the molecule is COCCNCCNC(=O)c1cc(F)cc2nc(C)c(C)nc12. The molecule has 0 aliphatic rings. The van der Waals surface area contributed by atoms with Crippen LogP contribution in [-0.4, -0.2) is 49.2 Å². The molecule has 0 bridgehead atoms. The van der Waals surface area contributed by atoms with Gasteiger partial charge in [0.15, 0.2) is 0 Å². The van der Waals surface area contributed by atoms with Gasteiger partial charge >= 0.3 is 0 Å². The van der Waals surface area contributed by atoms with Crippen LogP contribution in [-0.2, 0) is 4.74 Å². The fourth-order valence-corrected chi connectivity index (χ4v) is 2.13. The fraction of sp³-hybridized carbons (Fsp3) is 0.438. The van der Waals surface area contributed by atoms with Crippen LogP contribution in [0, 0.1) is 19.7 Å². The smallest absolute Gasteiger partial charge is 0.253 e. The van der Waals surface area contributed by atoms with Gasteiger partial charge in [0, 0.05) is 32.8 Å². The Morgan fingerprint density at radius 1 is 1.17 bits per heavy atom. The predicted octanol–water partition coefficient (Wildman–Crippen LogP) is 1.35. The van der Waals surface area contributed by atoms with Gasteiger partial charge in [-0.3, -0.25) is 4.79 Å². The maximum atomic E-state index is 13.7. The second-order valence-corrected chi connectivity index (χ2v) is 5.21. The third kappa shape index (κ3) is 4.43. The molecule has 0 fully saturated rings. The molecule has 0 spiro atoms. The molecule has 6 nitrogen and oxygen atoms in total. The number of hydrogen-bond acceptors (Lipinski definition) is 5. The number of carbonyl (C=O) groups is 1. The Labute approximate surface area is 134 Å². The van der Waals surface area contributed by atoms with Crippen molar-refractivity contribution in [3.8, 4) is 0 Å². The van der Waals surface area contributed by atoms with Crippen LogP contribution < -0.4 is 10.6 Å². The lowest BCUT2D eigenvalue weighted by Crippen LogP contribution is -2.33. The molecule has 0 saturated carbocycles. The number of aromatic nitrogens is 2. The maximum absolute atomic E-state index is 13.7. The first kappa shape index (κ1) is 17.2. The van der Waals surface area contributed by atoms with Crippen molar-refractivity contribution in [3.63, 3.8) is 0 Å². The number of nitrogens with one attached hydrogen (secondary N) is 2. The normalized spacial score (nSPS) is 11.0. The van der Waals surface area contributed by atoms with Gasteiger partial charge in [-0.05, 0) is 19.9 Å². The summed E-state index contributed by atoms with van der Waals surface area (Å²) in [6.07, 6.45) is 0. The highest BCUT2D eigenvalue weighted by molar-refractivity contribution is 6.04. The van der Waals surface area contributed by atoms with Gasteiger partial charge in [0.2, 0.25) is 0 Å².